The molecule has 0 unspecified atom stereocenters. The maximum atomic E-state index is 10.9. The van der Waals surface area contributed by atoms with E-state index >= 15 is 0 Å². The van der Waals surface area contributed by atoms with Crippen molar-refractivity contribution in [3.63, 3.8) is 0 Å². The highest BCUT2D eigenvalue weighted by molar-refractivity contribution is 5.75. The highest BCUT2D eigenvalue weighted by Crippen LogP contribution is 1.90. The molecule has 0 rings (SSSR count). The lowest BCUT2D eigenvalue weighted by Gasteiger charge is -2.05. The van der Waals surface area contributed by atoms with Crippen molar-refractivity contribution >= 4 is 12.2 Å². The fraction of sp³-hybridized carbons (Fsp3) is 0.833. The van der Waals surface area contributed by atoms with Gasteiger partial charge in [0.25, 0.3) is 0 Å². The predicted octanol–water partition coefficient (Wildman–Crippen LogP) is 0.915. The monoisotopic (exact) mass is 245 g/mol. The summed E-state index contributed by atoms with van der Waals surface area (Å²) >= 11 is 0. The van der Waals surface area contributed by atoms with Crippen LogP contribution in [0.1, 0.15) is 32.6 Å². The molecule has 0 heterocycles. The molecule has 17 heavy (non-hydrogen) atoms. The maximum absolute atomic E-state index is 10.9. The predicted molar refractivity (Wildman–Crippen MR) is 64.9 cm³/mol. The zero-order chi connectivity index (χ0) is 12.8. The molecule has 0 saturated heterocycles. The Morgan fingerprint density at radius 2 is 1.82 bits per heavy atom. The number of amides is 1. The Bertz CT molecular complexity index is 197. The Labute approximate surface area is 103 Å². The number of nitrogens with one attached hydrogen (secondary N) is 1. The van der Waals surface area contributed by atoms with Gasteiger partial charge in [0.1, 0.15) is 6.29 Å². The van der Waals surface area contributed by atoms with Gasteiger partial charge in [-0.15, -0.1) is 0 Å². The molecule has 0 aromatic carbocycles. The molecular weight excluding hydrogens is 222 g/mol. The van der Waals surface area contributed by atoms with Crippen molar-refractivity contribution < 1.29 is 19.1 Å². The highest BCUT2D eigenvalue weighted by atomic mass is 16.5. The summed E-state index contributed by atoms with van der Waals surface area (Å²) in [6.07, 6.45) is 3.67. The summed E-state index contributed by atoms with van der Waals surface area (Å²) in [6.45, 7) is 4.78. The number of carbonyl (C=O) groups is 2. The molecule has 0 aliphatic rings. The number of ether oxygens (including phenoxy) is 2. The second-order valence-electron chi connectivity index (χ2n) is 3.59. The lowest BCUT2D eigenvalue weighted by molar-refractivity contribution is -0.120. The zero-order valence-electron chi connectivity index (χ0n) is 10.6. The van der Waals surface area contributed by atoms with E-state index in [-0.39, 0.29) is 5.91 Å². The SMILES string of the molecule is CCC(=O)NCCCCOCCOCCC=O. The van der Waals surface area contributed by atoms with Gasteiger partial charge in [-0.2, -0.15) is 0 Å². The minimum absolute atomic E-state index is 0.0921. The van der Waals surface area contributed by atoms with Gasteiger partial charge in [-0.3, -0.25) is 4.79 Å². The molecule has 1 amide bonds. The first kappa shape index (κ1) is 16.1. The smallest absolute Gasteiger partial charge is 0.219 e. The topological polar surface area (TPSA) is 64.6 Å². The summed E-state index contributed by atoms with van der Waals surface area (Å²) in [7, 11) is 0. The van der Waals surface area contributed by atoms with Gasteiger partial charge in [0.15, 0.2) is 0 Å². The van der Waals surface area contributed by atoms with Gasteiger partial charge in [0, 0.05) is 26.0 Å². The Morgan fingerprint density at radius 3 is 2.47 bits per heavy atom. The number of hydrogen-bond acceptors (Lipinski definition) is 4. The molecule has 0 aromatic rings. The standard InChI is InChI=1S/C12H23NO4/c1-2-12(15)13-6-3-4-8-16-10-11-17-9-5-7-14/h7H,2-6,8-11H2,1H3,(H,13,15). The number of rotatable bonds is 12. The summed E-state index contributed by atoms with van der Waals surface area (Å²) in [6, 6.07) is 0. The fourth-order valence-electron chi connectivity index (χ4n) is 1.14. The van der Waals surface area contributed by atoms with Crippen LogP contribution in [-0.2, 0) is 19.1 Å². The molecule has 5 nitrogen and oxygen atoms in total. The second kappa shape index (κ2) is 13.1. The van der Waals surface area contributed by atoms with Crippen LogP contribution in [0, 0.1) is 0 Å². The van der Waals surface area contributed by atoms with Crippen molar-refractivity contribution in [1.82, 2.24) is 5.32 Å². The van der Waals surface area contributed by atoms with Gasteiger partial charge >= 0.3 is 0 Å². The molecule has 0 atom stereocenters. The molecule has 0 spiro atoms. The van der Waals surface area contributed by atoms with Crippen LogP contribution in [0.3, 0.4) is 0 Å². The van der Waals surface area contributed by atoms with Crippen LogP contribution in [0.2, 0.25) is 0 Å². The molecule has 0 fully saturated rings. The number of hydrogen-bond donors (Lipinski definition) is 1. The molecule has 1 N–H and O–H groups in total. The average molecular weight is 245 g/mol. The van der Waals surface area contributed by atoms with Crippen molar-refractivity contribution in [2.45, 2.75) is 32.6 Å². The molecule has 0 radical (unpaired) electrons. The number of carbonyl (C=O) groups excluding carboxylic acids is 2. The van der Waals surface area contributed by atoms with E-state index < -0.39 is 0 Å². The Balaban J connectivity index is 2.98. The van der Waals surface area contributed by atoms with Crippen LogP contribution in [0.4, 0.5) is 0 Å². The summed E-state index contributed by atoms with van der Waals surface area (Å²) in [4.78, 5) is 20.9. The molecule has 0 aliphatic carbocycles. The first-order valence-electron chi connectivity index (χ1n) is 6.17. The third-order valence-electron chi connectivity index (χ3n) is 2.11. The maximum Gasteiger partial charge on any atom is 0.219 e. The van der Waals surface area contributed by atoms with E-state index in [1.807, 2.05) is 6.92 Å². The minimum Gasteiger partial charge on any atom is -0.379 e. The Morgan fingerprint density at radius 1 is 1.12 bits per heavy atom. The lowest BCUT2D eigenvalue weighted by Crippen LogP contribution is -2.23. The Kier molecular flexibility index (Phi) is 12.4. The summed E-state index contributed by atoms with van der Waals surface area (Å²) in [5.74, 6) is 0.0921. The van der Waals surface area contributed by atoms with E-state index in [0.717, 1.165) is 19.1 Å². The van der Waals surface area contributed by atoms with Crippen LogP contribution in [0.5, 0.6) is 0 Å². The zero-order valence-corrected chi connectivity index (χ0v) is 10.6. The van der Waals surface area contributed by atoms with E-state index in [2.05, 4.69) is 5.32 Å². The van der Waals surface area contributed by atoms with Gasteiger partial charge in [-0.25, -0.2) is 0 Å². The van der Waals surface area contributed by atoms with Crippen LogP contribution in [0.15, 0.2) is 0 Å². The normalized spacial score (nSPS) is 10.2. The van der Waals surface area contributed by atoms with Crippen molar-refractivity contribution in [3.05, 3.63) is 0 Å². The highest BCUT2D eigenvalue weighted by Gasteiger charge is 1.95. The van der Waals surface area contributed by atoms with Gasteiger partial charge in [-0.05, 0) is 12.8 Å². The van der Waals surface area contributed by atoms with Gasteiger partial charge in [0.2, 0.25) is 5.91 Å². The molecule has 0 saturated carbocycles. The summed E-state index contributed by atoms with van der Waals surface area (Å²) < 4.78 is 10.5. The van der Waals surface area contributed by atoms with Crippen LogP contribution in [0.25, 0.3) is 0 Å². The fourth-order valence-corrected chi connectivity index (χ4v) is 1.14. The van der Waals surface area contributed by atoms with Crippen molar-refractivity contribution in [3.8, 4) is 0 Å². The third kappa shape index (κ3) is 13.0. The van der Waals surface area contributed by atoms with Gasteiger partial charge in [0.05, 0.1) is 19.8 Å². The van der Waals surface area contributed by atoms with E-state index in [4.69, 9.17) is 9.47 Å². The lowest BCUT2D eigenvalue weighted by atomic mass is 10.3. The first-order chi connectivity index (χ1) is 8.31. The first-order valence-corrected chi connectivity index (χ1v) is 6.17. The van der Waals surface area contributed by atoms with Crippen LogP contribution >= 0.6 is 0 Å². The molecule has 100 valence electrons. The molecule has 0 aromatic heterocycles. The molecule has 0 aliphatic heterocycles. The quantitative estimate of drug-likeness (QED) is 0.410. The van der Waals surface area contributed by atoms with Crippen LogP contribution in [-0.4, -0.2) is 45.2 Å². The van der Waals surface area contributed by atoms with Crippen molar-refractivity contribution in [2.75, 3.05) is 33.0 Å². The molecule has 5 heteroatoms. The summed E-state index contributed by atoms with van der Waals surface area (Å²) in [5.41, 5.74) is 0. The molecule has 0 bridgehead atoms. The van der Waals surface area contributed by atoms with Crippen molar-refractivity contribution in [1.29, 1.82) is 0 Å². The Hall–Kier alpha value is -0.940. The van der Waals surface area contributed by atoms with Gasteiger partial charge < -0.3 is 19.6 Å². The average Bonchev–Trinajstić information content (AvgIpc) is 2.35. The van der Waals surface area contributed by atoms with E-state index in [1.165, 1.54) is 0 Å². The van der Waals surface area contributed by atoms with Crippen molar-refractivity contribution in [2.24, 2.45) is 0 Å². The van der Waals surface area contributed by atoms with Gasteiger partial charge in [-0.1, -0.05) is 6.92 Å². The van der Waals surface area contributed by atoms with E-state index in [0.29, 0.717) is 45.8 Å². The third-order valence-corrected chi connectivity index (χ3v) is 2.11. The minimum atomic E-state index is 0.0921. The number of unbranched alkanes of at least 4 members (excludes halogenated alkanes) is 1. The number of aldehydes is 1. The second-order valence-corrected chi connectivity index (χ2v) is 3.59. The van der Waals surface area contributed by atoms with Crippen LogP contribution < -0.4 is 5.32 Å². The van der Waals surface area contributed by atoms with E-state index in [9.17, 15) is 9.59 Å². The molecular formula is C12H23NO4. The van der Waals surface area contributed by atoms with E-state index in [1.54, 1.807) is 0 Å². The largest absolute Gasteiger partial charge is 0.379 e. The summed E-state index contributed by atoms with van der Waals surface area (Å²) in [5, 5.41) is 2.81.